The maximum atomic E-state index is 12.2. The maximum Gasteiger partial charge on any atom is 0.223 e. The van der Waals surface area contributed by atoms with Gasteiger partial charge in [0.2, 0.25) is 5.91 Å². The standard InChI is InChI=1S/C14H24N2OS/c1-5-6-7-8-16-13(17)10(14(2,3)4)9-11-12(15)18-11/h5-7,10-12H,1,8-9,15H2,2-4H3,(H,16,17)/b7-6-/t10?,11-,12-/m1/s1. The van der Waals surface area contributed by atoms with E-state index in [1.165, 1.54) is 0 Å². The van der Waals surface area contributed by atoms with Gasteiger partial charge in [-0.1, -0.05) is 45.6 Å². The molecule has 0 aromatic heterocycles. The Morgan fingerprint density at radius 3 is 2.61 bits per heavy atom. The minimum absolute atomic E-state index is 0.0145. The molecule has 18 heavy (non-hydrogen) atoms. The Morgan fingerprint density at radius 2 is 2.17 bits per heavy atom. The number of carbonyl (C=O) groups excluding carboxylic acids is 1. The zero-order chi connectivity index (χ0) is 13.8. The molecule has 1 saturated heterocycles. The minimum Gasteiger partial charge on any atom is -0.352 e. The molecule has 1 amide bonds. The number of amides is 1. The van der Waals surface area contributed by atoms with Crippen molar-refractivity contribution in [2.75, 3.05) is 6.54 Å². The van der Waals surface area contributed by atoms with Crippen LogP contribution in [-0.2, 0) is 4.79 Å². The fourth-order valence-electron chi connectivity index (χ4n) is 1.88. The summed E-state index contributed by atoms with van der Waals surface area (Å²) in [4.78, 5) is 12.2. The lowest BCUT2D eigenvalue weighted by Gasteiger charge is -2.29. The molecule has 0 bridgehead atoms. The van der Waals surface area contributed by atoms with Gasteiger partial charge in [-0.15, -0.1) is 11.8 Å². The molecular formula is C14H24N2OS. The Labute approximate surface area is 114 Å². The smallest absolute Gasteiger partial charge is 0.223 e. The molecule has 1 aliphatic rings. The largest absolute Gasteiger partial charge is 0.352 e. The molecule has 1 rings (SSSR count). The molecule has 4 heteroatoms. The highest BCUT2D eigenvalue weighted by molar-refractivity contribution is 8.07. The van der Waals surface area contributed by atoms with Crippen LogP contribution in [0.2, 0.25) is 0 Å². The van der Waals surface area contributed by atoms with Crippen LogP contribution in [0.3, 0.4) is 0 Å². The summed E-state index contributed by atoms with van der Waals surface area (Å²) in [6, 6.07) is 0. The number of carbonyl (C=O) groups is 1. The second kappa shape index (κ2) is 6.43. The number of thioether (sulfide) groups is 1. The quantitative estimate of drug-likeness (QED) is 0.574. The molecule has 1 unspecified atom stereocenters. The van der Waals surface area contributed by atoms with Crippen LogP contribution in [-0.4, -0.2) is 23.1 Å². The third-order valence-electron chi connectivity index (χ3n) is 3.12. The van der Waals surface area contributed by atoms with Crippen LogP contribution in [0.25, 0.3) is 0 Å². The highest BCUT2D eigenvalue weighted by Crippen LogP contribution is 2.44. The van der Waals surface area contributed by atoms with Crippen molar-refractivity contribution >= 4 is 17.7 Å². The van der Waals surface area contributed by atoms with E-state index < -0.39 is 0 Å². The molecular weight excluding hydrogens is 244 g/mol. The first-order chi connectivity index (χ1) is 8.36. The number of rotatable bonds is 6. The summed E-state index contributed by atoms with van der Waals surface area (Å²) in [5.41, 5.74) is 5.77. The van der Waals surface area contributed by atoms with Crippen LogP contribution in [0.15, 0.2) is 24.8 Å². The number of hydrogen-bond donors (Lipinski definition) is 2. The molecule has 0 spiro atoms. The van der Waals surface area contributed by atoms with E-state index in [9.17, 15) is 4.79 Å². The average molecular weight is 268 g/mol. The number of allylic oxidation sites excluding steroid dienone is 2. The first-order valence-corrected chi connectivity index (χ1v) is 7.27. The van der Waals surface area contributed by atoms with Crippen LogP contribution >= 0.6 is 11.8 Å². The average Bonchev–Trinajstić information content (AvgIpc) is 2.95. The van der Waals surface area contributed by atoms with Gasteiger partial charge >= 0.3 is 0 Å². The second-order valence-corrected chi connectivity index (χ2v) is 7.12. The van der Waals surface area contributed by atoms with Crippen molar-refractivity contribution in [2.45, 2.75) is 37.8 Å². The van der Waals surface area contributed by atoms with Crippen LogP contribution in [0.4, 0.5) is 0 Å². The SMILES string of the molecule is C=C/C=C\CNC(=O)C(C[C@H]1S[C@H]1N)C(C)(C)C. The summed E-state index contributed by atoms with van der Waals surface area (Å²) in [5, 5.41) is 3.62. The summed E-state index contributed by atoms with van der Waals surface area (Å²) in [6.07, 6.45) is 6.29. The zero-order valence-electron chi connectivity index (χ0n) is 11.5. The van der Waals surface area contributed by atoms with Crippen LogP contribution < -0.4 is 11.1 Å². The van der Waals surface area contributed by atoms with Crippen molar-refractivity contribution in [1.29, 1.82) is 0 Å². The summed E-state index contributed by atoms with van der Waals surface area (Å²) < 4.78 is 0. The first kappa shape index (κ1) is 15.3. The Hall–Kier alpha value is -0.740. The van der Waals surface area contributed by atoms with E-state index >= 15 is 0 Å². The van der Waals surface area contributed by atoms with Gasteiger partial charge in [0, 0.05) is 17.7 Å². The molecule has 0 aliphatic carbocycles. The predicted octanol–water partition coefficient (Wildman–Crippen LogP) is 2.30. The predicted molar refractivity (Wildman–Crippen MR) is 79.3 cm³/mol. The third-order valence-corrected chi connectivity index (χ3v) is 4.28. The number of hydrogen-bond acceptors (Lipinski definition) is 3. The van der Waals surface area contributed by atoms with Crippen LogP contribution in [0.5, 0.6) is 0 Å². The lowest BCUT2D eigenvalue weighted by molar-refractivity contribution is -0.128. The van der Waals surface area contributed by atoms with Crippen LogP contribution in [0, 0.1) is 11.3 Å². The molecule has 3 N–H and O–H groups in total. The van der Waals surface area contributed by atoms with Crippen molar-refractivity contribution in [3.8, 4) is 0 Å². The van der Waals surface area contributed by atoms with Gasteiger partial charge in [-0.25, -0.2) is 0 Å². The Bertz CT molecular complexity index is 333. The summed E-state index contributed by atoms with van der Waals surface area (Å²) in [7, 11) is 0. The van der Waals surface area contributed by atoms with Gasteiger partial charge in [0.25, 0.3) is 0 Å². The minimum atomic E-state index is -0.0326. The molecule has 1 aliphatic heterocycles. The fourth-order valence-corrected chi connectivity index (χ4v) is 2.61. The van der Waals surface area contributed by atoms with Gasteiger partial charge in [0.1, 0.15) is 0 Å². The maximum absolute atomic E-state index is 12.2. The fraction of sp³-hybridized carbons (Fsp3) is 0.643. The van der Waals surface area contributed by atoms with E-state index in [4.69, 9.17) is 5.73 Å². The molecule has 1 fully saturated rings. The van der Waals surface area contributed by atoms with Gasteiger partial charge < -0.3 is 11.1 Å². The van der Waals surface area contributed by atoms with E-state index in [0.717, 1.165) is 6.42 Å². The van der Waals surface area contributed by atoms with Crippen molar-refractivity contribution in [2.24, 2.45) is 17.1 Å². The molecule has 1 heterocycles. The number of nitrogens with two attached hydrogens (primary N) is 1. The van der Waals surface area contributed by atoms with Gasteiger partial charge in [0.15, 0.2) is 0 Å². The second-order valence-electron chi connectivity index (χ2n) is 5.70. The highest BCUT2D eigenvalue weighted by Gasteiger charge is 2.41. The van der Waals surface area contributed by atoms with E-state index in [-0.39, 0.29) is 22.6 Å². The van der Waals surface area contributed by atoms with E-state index in [1.807, 2.05) is 12.2 Å². The normalized spacial score (nSPS) is 24.9. The van der Waals surface area contributed by atoms with Crippen molar-refractivity contribution in [1.82, 2.24) is 5.32 Å². The van der Waals surface area contributed by atoms with Gasteiger partial charge in [-0.05, 0) is 11.8 Å². The molecule has 0 aromatic rings. The van der Waals surface area contributed by atoms with Crippen molar-refractivity contribution in [3.05, 3.63) is 24.8 Å². The monoisotopic (exact) mass is 268 g/mol. The summed E-state index contributed by atoms with van der Waals surface area (Å²) >= 11 is 1.76. The lowest BCUT2D eigenvalue weighted by atomic mass is 9.77. The van der Waals surface area contributed by atoms with Gasteiger partial charge in [-0.2, -0.15) is 0 Å². The van der Waals surface area contributed by atoms with Gasteiger partial charge in [0.05, 0.1) is 5.37 Å². The summed E-state index contributed by atoms with van der Waals surface area (Å²) in [5.74, 6) is 0.136. The van der Waals surface area contributed by atoms with E-state index in [0.29, 0.717) is 11.8 Å². The summed E-state index contributed by atoms with van der Waals surface area (Å²) in [6.45, 7) is 10.5. The third kappa shape index (κ3) is 4.86. The van der Waals surface area contributed by atoms with Crippen LogP contribution in [0.1, 0.15) is 27.2 Å². The Balaban J connectivity index is 2.50. The van der Waals surface area contributed by atoms with E-state index in [1.54, 1.807) is 17.8 Å². The van der Waals surface area contributed by atoms with Crippen molar-refractivity contribution < 1.29 is 4.79 Å². The highest BCUT2D eigenvalue weighted by atomic mass is 32.2. The molecule has 3 nitrogen and oxygen atoms in total. The first-order valence-electron chi connectivity index (χ1n) is 6.32. The Morgan fingerprint density at radius 1 is 1.56 bits per heavy atom. The number of nitrogens with one attached hydrogen (secondary N) is 1. The van der Waals surface area contributed by atoms with Crippen molar-refractivity contribution in [3.63, 3.8) is 0 Å². The topological polar surface area (TPSA) is 55.1 Å². The molecule has 0 radical (unpaired) electrons. The zero-order valence-corrected chi connectivity index (χ0v) is 12.3. The molecule has 3 atom stereocenters. The Kier molecular flexibility index (Phi) is 5.47. The molecule has 0 saturated carbocycles. The van der Waals surface area contributed by atoms with Gasteiger partial charge in [-0.3, -0.25) is 4.79 Å². The lowest BCUT2D eigenvalue weighted by Crippen LogP contribution is -2.39. The molecule has 0 aromatic carbocycles. The molecule has 102 valence electrons. The van der Waals surface area contributed by atoms with E-state index in [2.05, 4.69) is 32.7 Å².